The summed E-state index contributed by atoms with van der Waals surface area (Å²) in [6.45, 7) is -2.96. The SMILES string of the molecule is O=c1ccc2cc(S(=O)(=O)Nc3ccc(OC(F)F)cc3)ccc2o1. The minimum Gasteiger partial charge on any atom is -0.435 e. The van der Waals surface area contributed by atoms with Gasteiger partial charge in [0, 0.05) is 17.1 Å². The Kier molecular flexibility index (Phi) is 4.41. The lowest BCUT2D eigenvalue weighted by Crippen LogP contribution is -2.13. The summed E-state index contributed by atoms with van der Waals surface area (Å²) < 4.78 is 60.5. The summed E-state index contributed by atoms with van der Waals surface area (Å²) in [6, 6.07) is 11.7. The fourth-order valence-electron chi connectivity index (χ4n) is 2.14. The molecule has 0 saturated heterocycles. The number of sulfonamides is 1. The van der Waals surface area contributed by atoms with E-state index in [4.69, 9.17) is 4.42 Å². The summed E-state index contributed by atoms with van der Waals surface area (Å²) in [4.78, 5) is 11.1. The van der Waals surface area contributed by atoms with Gasteiger partial charge in [-0.05, 0) is 48.5 Å². The number of alkyl halides is 2. The zero-order valence-electron chi connectivity index (χ0n) is 12.5. The van der Waals surface area contributed by atoms with Crippen molar-refractivity contribution in [2.24, 2.45) is 0 Å². The van der Waals surface area contributed by atoms with Gasteiger partial charge in [0.15, 0.2) is 0 Å². The lowest BCUT2D eigenvalue weighted by Gasteiger charge is -2.10. The van der Waals surface area contributed by atoms with Crippen molar-refractivity contribution in [2.45, 2.75) is 11.5 Å². The predicted molar refractivity (Wildman–Crippen MR) is 86.4 cm³/mol. The highest BCUT2D eigenvalue weighted by molar-refractivity contribution is 7.92. The summed E-state index contributed by atoms with van der Waals surface area (Å²) in [7, 11) is -3.91. The molecule has 130 valence electrons. The van der Waals surface area contributed by atoms with Crippen molar-refractivity contribution >= 4 is 26.7 Å². The number of ether oxygens (including phenoxy) is 1. The highest BCUT2D eigenvalue weighted by Crippen LogP contribution is 2.22. The number of rotatable bonds is 5. The monoisotopic (exact) mass is 367 g/mol. The molecule has 1 heterocycles. The minimum absolute atomic E-state index is 0.0400. The van der Waals surface area contributed by atoms with Crippen LogP contribution in [-0.2, 0) is 10.0 Å². The van der Waals surface area contributed by atoms with E-state index in [1.807, 2.05) is 0 Å². The standard InChI is InChI=1S/C16H11F2NO5S/c17-16(18)23-12-4-2-11(3-5-12)19-25(21,22)13-6-7-14-10(9-13)1-8-15(20)24-14/h1-9,16,19H. The van der Waals surface area contributed by atoms with E-state index in [0.717, 1.165) is 0 Å². The van der Waals surface area contributed by atoms with E-state index < -0.39 is 22.3 Å². The molecule has 0 fully saturated rings. The van der Waals surface area contributed by atoms with Crippen LogP contribution in [0.5, 0.6) is 5.75 Å². The second-order valence-corrected chi connectivity index (χ2v) is 6.64. The van der Waals surface area contributed by atoms with Crippen molar-refractivity contribution < 1.29 is 26.4 Å². The molecule has 6 nitrogen and oxygen atoms in total. The average Bonchev–Trinajstić information content (AvgIpc) is 2.55. The van der Waals surface area contributed by atoms with Crippen molar-refractivity contribution in [1.29, 1.82) is 0 Å². The number of nitrogens with one attached hydrogen (secondary N) is 1. The Morgan fingerprint density at radius 1 is 1.00 bits per heavy atom. The van der Waals surface area contributed by atoms with Gasteiger partial charge in [0.25, 0.3) is 10.0 Å². The lowest BCUT2D eigenvalue weighted by molar-refractivity contribution is -0.0498. The van der Waals surface area contributed by atoms with E-state index in [2.05, 4.69) is 9.46 Å². The molecule has 0 aliphatic rings. The Balaban J connectivity index is 1.86. The smallest absolute Gasteiger partial charge is 0.387 e. The highest BCUT2D eigenvalue weighted by Gasteiger charge is 2.15. The van der Waals surface area contributed by atoms with Crippen molar-refractivity contribution in [3.05, 3.63) is 65.0 Å². The van der Waals surface area contributed by atoms with Gasteiger partial charge in [-0.25, -0.2) is 13.2 Å². The van der Waals surface area contributed by atoms with Gasteiger partial charge in [-0.3, -0.25) is 4.72 Å². The first-order valence-electron chi connectivity index (χ1n) is 6.95. The second-order valence-electron chi connectivity index (χ2n) is 4.96. The molecule has 3 aromatic rings. The van der Waals surface area contributed by atoms with Crippen LogP contribution in [0.3, 0.4) is 0 Å². The molecule has 1 aromatic heterocycles. The quantitative estimate of drug-likeness (QED) is 0.700. The Hall–Kier alpha value is -2.94. The molecule has 0 saturated carbocycles. The molecule has 0 aliphatic carbocycles. The molecule has 3 rings (SSSR count). The molecule has 2 aromatic carbocycles. The maximum Gasteiger partial charge on any atom is 0.387 e. The van der Waals surface area contributed by atoms with Gasteiger partial charge >= 0.3 is 12.2 Å². The number of benzene rings is 2. The number of anilines is 1. The van der Waals surface area contributed by atoms with Crippen LogP contribution in [0, 0.1) is 0 Å². The second kappa shape index (κ2) is 6.52. The predicted octanol–water partition coefficient (Wildman–Crippen LogP) is 3.20. The van der Waals surface area contributed by atoms with Crippen molar-refractivity contribution in [3.8, 4) is 5.75 Å². The fraction of sp³-hybridized carbons (Fsp3) is 0.0625. The highest BCUT2D eigenvalue weighted by atomic mass is 32.2. The fourth-order valence-corrected chi connectivity index (χ4v) is 3.23. The topological polar surface area (TPSA) is 85.6 Å². The third kappa shape index (κ3) is 3.94. The molecular weight excluding hydrogens is 356 g/mol. The molecule has 25 heavy (non-hydrogen) atoms. The van der Waals surface area contributed by atoms with Gasteiger partial charge in [-0.15, -0.1) is 0 Å². The van der Waals surface area contributed by atoms with Crippen molar-refractivity contribution in [2.75, 3.05) is 4.72 Å². The van der Waals surface area contributed by atoms with Gasteiger partial charge in [0.1, 0.15) is 11.3 Å². The van der Waals surface area contributed by atoms with Crippen LogP contribution in [0.4, 0.5) is 14.5 Å². The van der Waals surface area contributed by atoms with Crippen LogP contribution in [0.15, 0.2) is 68.7 Å². The van der Waals surface area contributed by atoms with E-state index in [1.54, 1.807) is 0 Å². The normalized spacial score (nSPS) is 11.6. The van der Waals surface area contributed by atoms with Crippen LogP contribution in [-0.4, -0.2) is 15.0 Å². The summed E-state index contributed by atoms with van der Waals surface area (Å²) in [6.07, 6.45) is 0. The molecule has 0 radical (unpaired) electrons. The Labute approximate surface area is 140 Å². The van der Waals surface area contributed by atoms with E-state index in [-0.39, 0.29) is 21.9 Å². The number of hydrogen-bond donors (Lipinski definition) is 1. The third-order valence-electron chi connectivity index (χ3n) is 3.23. The van der Waals surface area contributed by atoms with E-state index >= 15 is 0 Å². The minimum atomic E-state index is -3.91. The van der Waals surface area contributed by atoms with Gasteiger partial charge in [0.2, 0.25) is 0 Å². The molecular formula is C16H11F2NO5S. The molecule has 1 N–H and O–H groups in total. The summed E-state index contributed by atoms with van der Waals surface area (Å²) in [5.74, 6) is -0.0846. The number of hydrogen-bond acceptors (Lipinski definition) is 5. The van der Waals surface area contributed by atoms with Crippen LogP contribution >= 0.6 is 0 Å². The van der Waals surface area contributed by atoms with Gasteiger partial charge in [-0.1, -0.05) is 0 Å². The van der Waals surface area contributed by atoms with Gasteiger partial charge in [-0.2, -0.15) is 8.78 Å². The zero-order valence-corrected chi connectivity index (χ0v) is 13.3. The molecule has 0 bridgehead atoms. The number of halogens is 2. The molecule has 0 atom stereocenters. The summed E-state index contributed by atoms with van der Waals surface area (Å²) >= 11 is 0. The first-order chi connectivity index (χ1) is 11.8. The van der Waals surface area contributed by atoms with E-state index in [1.165, 1.54) is 54.6 Å². The Bertz CT molecular complexity index is 1060. The van der Waals surface area contributed by atoms with Gasteiger partial charge in [0.05, 0.1) is 4.90 Å². The zero-order chi connectivity index (χ0) is 18.0. The first-order valence-corrected chi connectivity index (χ1v) is 8.43. The van der Waals surface area contributed by atoms with Gasteiger partial charge < -0.3 is 9.15 Å². The van der Waals surface area contributed by atoms with Crippen molar-refractivity contribution in [3.63, 3.8) is 0 Å². The molecule has 9 heteroatoms. The average molecular weight is 367 g/mol. The molecule has 0 unspecified atom stereocenters. The maximum absolute atomic E-state index is 12.4. The Morgan fingerprint density at radius 2 is 1.72 bits per heavy atom. The van der Waals surface area contributed by atoms with E-state index in [9.17, 15) is 22.0 Å². The Morgan fingerprint density at radius 3 is 2.40 bits per heavy atom. The first kappa shape index (κ1) is 16.9. The lowest BCUT2D eigenvalue weighted by atomic mass is 10.2. The number of fused-ring (bicyclic) bond motifs is 1. The van der Waals surface area contributed by atoms with E-state index in [0.29, 0.717) is 5.39 Å². The third-order valence-corrected chi connectivity index (χ3v) is 4.61. The maximum atomic E-state index is 12.4. The molecule has 0 amide bonds. The van der Waals surface area contributed by atoms with Crippen molar-refractivity contribution in [1.82, 2.24) is 0 Å². The van der Waals surface area contributed by atoms with Crippen LogP contribution < -0.4 is 15.1 Å². The summed E-state index contributed by atoms with van der Waals surface area (Å²) in [5, 5.41) is 0.447. The van der Waals surface area contributed by atoms with Crippen LogP contribution in [0.1, 0.15) is 0 Å². The molecule has 0 aliphatic heterocycles. The van der Waals surface area contributed by atoms with Crippen LogP contribution in [0.2, 0.25) is 0 Å². The summed E-state index contributed by atoms with van der Waals surface area (Å²) in [5.41, 5.74) is -0.0893. The molecule has 0 spiro atoms. The van der Waals surface area contributed by atoms with Crippen LogP contribution in [0.25, 0.3) is 11.0 Å². The largest absolute Gasteiger partial charge is 0.435 e.